The summed E-state index contributed by atoms with van der Waals surface area (Å²) >= 11 is 0. The Morgan fingerprint density at radius 3 is 2.47 bits per heavy atom. The quantitative estimate of drug-likeness (QED) is 0.783. The molecular weight excluding hydrogens is 205 g/mol. The van der Waals surface area contributed by atoms with Gasteiger partial charge >= 0.3 is 6.18 Å². The molecule has 0 spiro atoms. The highest BCUT2D eigenvalue weighted by molar-refractivity contribution is 5.63. The van der Waals surface area contributed by atoms with E-state index in [0.717, 1.165) is 17.8 Å². The lowest BCUT2D eigenvalue weighted by molar-refractivity contribution is -0.137. The minimum atomic E-state index is -4.38. The van der Waals surface area contributed by atoms with Crippen molar-refractivity contribution in [2.75, 3.05) is 5.73 Å². The number of rotatable bonds is 1. The van der Waals surface area contributed by atoms with Crippen LogP contribution in [0, 0.1) is 0 Å². The Morgan fingerprint density at radius 2 is 2.00 bits per heavy atom. The number of nitrogens with two attached hydrogens (primary N) is 1. The van der Waals surface area contributed by atoms with Crippen molar-refractivity contribution in [1.82, 2.24) is 4.98 Å². The monoisotopic (exact) mass is 216 g/mol. The summed E-state index contributed by atoms with van der Waals surface area (Å²) in [6, 6.07) is 0.995. The van der Waals surface area contributed by atoms with E-state index in [1.54, 1.807) is 19.9 Å². The van der Waals surface area contributed by atoms with Crippen molar-refractivity contribution >= 4 is 11.9 Å². The number of nitrogens with zero attached hydrogens (tertiary/aromatic N) is 1. The van der Waals surface area contributed by atoms with Crippen molar-refractivity contribution in [3.8, 4) is 0 Å². The third-order valence-electron chi connectivity index (χ3n) is 1.72. The molecule has 0 saturated carbocycles. The molecule has 5 heteroatoms. The topological polar surface area (TPSA) is 38.9 Å². The zero-order chi connectivity index (χ0) is 11.6. The van der Waals surface area contributed by atoms with Crippen LogP contribution in [0.2, 0.25) is 0 Å². The molecule has 15 heavy (non-hydrogen) atoms. The average molecular weight is 216 g/mol. The highest BCUT2D eigenvalue weighted by atomic mass is 19.4. The van der Waals surface area contributed by atoms with Crippen molar-refractivity contribution in [2.45, 2.75) is 20.0 Å². The van der Waals surface area contributed by atoms with E-state index < -0.39 is 11.7 Å². The number of alkyl halides is 3. The molecule has 2 N–H and O–H groups in total. The summed E-state index contributed by atoms with van der Waals surface area (Å²) in [6.07, 6.45) is -2.08. The summed E-state index contributed by atoms with van der Waals surface area (Å²) in [6.45, 7) is 3.55. The first-order chi connectivity index (χ1) is 6.80. The first-order valence-corrected chi connectivity index (χ1v) is 4.28. The lowest BCUT2D eigenvalue weighted by Crippen LogP contribution is -2.07. The average Bonchev–Trinajstić information content (AvgIpc) is 2.06. The molecule has 1 aromatic rings. The van der Waals surface area contributed by atoms with Crippen molar-refractivity contribution in [3.05, 3.63) is 29.0 Å². The van der Waals surface area contributed by atoms with Crippen LogP contribution in [0.5, 0.6) is 0 Å². The van der Waals surface area contributed by atoms with E-state index in [2.05, 4.69) is 4.98 Å². The van der Waals surface area contributed by atoms with Gasteiger partial charge in [-0.1, -0.05) is 11.6 Å². The van der Waals surface area contributed by atoms with Crippen LogP contribution in [0.15, 0.2) is 17.8 Å². The van der Waals surface area contributed by atoms with Crippen LogP contribution in [-0.2, 0) is 6.18 Å². The van der Waals surface area contributed by atoms with E-state index in [9.17, 15) is 13.2 Å². The second-order valence-corrected chi connectivity index (χ2v) is 3.42. The lowest BCUT2D eigenvalue weighted by atomic mass is 10.1. The number of hydrogen-bond donors (Lipinski definition) is 1. The van der Waals surface area contributed by atoms with E-state index in [1.165, 1.54) is 0 Å². The molecule has 82 valence electrons. The summed E-state index contributed by atoms with van der Waals surface area (Å²) in [7, 11) is 0. The van der Waals surface area contributed by atoms with Gasteiger partial charge in [-0.2, -0.15) is 13.2 Å². The highest BCUT2D eigenvalue weighted by Gasteiger charge is 2.31. The Morgan fingerprint density at radius 1 is 1.40 bits per heavy atom. The molecule has 0 radical (unpaired) electrons. The van der Waals surface area contributed by atoms with Crippen molar-refractivity contribution in [2.24, 2.45) is 0 Å². The molecule has 2 nitrogen and oxygen atoms in total. The third-order valence-corrected chi connectivity index (χ3v) is 1.72. The number of anilines is 1. The van der Waals surface area contributed by atoms with Crippen LogP contribution in [0.1, 0.15) is 25.0 Å². The number of aromatic nitrogens is 1. The van der Waals surface area contributed by atoms with Gasteiger partial charge < -0.3 is 5.73 Å². The largest absolute Gasteiger partial charge is 0.417 e. The van der Waals surface area contributed by atoms with E-state index in [1.807, 2.05) is 0 Å². The first-order valence-electron chi connectivity index (χ1n) is 4.28. The molecule has 0 aliphatic rings. The van der Waals surface area contributed by atoms with Gasteiger partial charge in [0.2, 0.25) is 0 Å². The van der Waals surface area contributed by atoms with E-state index in [-0.39, 0.29) is 5.82 Å². The Labute approximate surface area is 85.6 Å². The summed E-state index contributed by atoms with van der Waals surface area (Å²) in [5.74, 6) is 0.101. The predicted octanol–water partition coefficient (Wildman–Crippen LogP) is 3.11. The molecule has 0 amide bonds. The molecule has 0 saturated heterocycles. The number of allylic oxidation sites excluding steroid dienone is 1. The fourth-order valence-electron chi connectivity index (χ4n) is 1.07. The zero-order valence-corrected chi connectivity index (χ0v) is 8.39. The second-order valence-electron chi connectivity index (χ2n) is 3.42. The fraction of sp³-hybridized carbons (Fsp3) is 0.300. The maximum absolute atomic E-state index is 12.3. The van der Waals surface area contributed by atoms with Crippen molar-refractivity contribution in [1.29, 1.82) is 0 Å². The van der Waals surface area contributed by atoms with Gasteiger partial charge in [0, 0.05) is 11.8 Å². The van der Waals surface area contributed by atoms with Gasteiger partial charge in [0.25, 0.3) is 0 Å². The van der Waals surface area contributed by atoms with Crippen LogP contribution in [0.4, 0.5) is 19.0 Å². The SMILES string of the molecule is CC(C)=Cc1cc(C(F)(F)F)cnc1N. The van der Waals surface area contributed by atoms with E-state index >= 15 is 0 Å². The molecule has 0 fully saturated rings. The minimum Gasteiger partial charge on any atom is -0.383 e. The zero-order valence-electron chi connectivity index (χ0n) is 8.39. The van der Waals surface area contributed by atoms with E-state index in [0.29, 0.717) is 5.56 Å². The van der Waals surface area contributed by atoms with Crippen LogP contribution < -0.4 is 5.73 Å². The molecular formula is C10H11F3N2. The van der Waals surface area contributed by atoms with Gasteiger partial charge in [0.15, 0.2) is 0 Å². The van der Waals surface area contributed by atoms with Crippen LogP contribution in [0.3, 0.4) is 0 Å². The van der Waals surface area contributed by atoms with Gasteiger partial charge in [0.05, 0.1) is 5.56 Å². The molecule has 1 aromatic heterocycles. The molecule has 0 aromatic carbocycles. The Bertz CT molecular complexity index is 390. The lowest BCUT2D eigenvalue weighted by Gasteiger charge is -2.08. The van der Waals surface area contributed by atoms with Gasteiger partial charge in [-0.25, -0.2) is 4.98 Å². The Hall–Kier alpha value is -1.52. The summed E-state index contributed by atoms with van der Waals surface area (Å²) < 4.78 is 37.0. The smallest absolute Gasteiger partial charge is 0.383 e. The van der Waals surface area contributed by atoms with Crippen molar-refractivity contribution in [3.63, 3.8) is 0 Å². The molecule has 1 rings (SSSR count). The van der Waals surface area contributed by atoms with Crippen LogP contribution in [0.25, 0.3) is 6.08 Å². The molecule has 0 aliphatic carbocycles. The Kier molecular flexibility index (Phi) is 3.02. The van der Waals surface area contributed by atoms with Gasteiger partial charge in [-0.05, 0) is 19.9 Å². The molecule has 1 heterocycles. The highest BCUT2D eigenvalue weighted by Crippen LogP contribution is 2.30. The number of hydrogen-bond acceptors (Lipinski definition) is 2. The Balaban J connectivity index is 3.23. The minimum absolute atomic E-state index is 0.101. The maximum Gasteiger partial charge on any atom is 0.417 e. The maximum atomic E-state index is 12.3. The molecule has 0 atom stereocenters. The standard InChI is InChI=1S/C10H11F3N2/c1-6(2)3-7-4-8(10(11,12)13)5-15-9(7)14/h3-5H,1-2H3,(H2,14,15). The number of halogens is 3. The van der Waals surface area contributed by atoms with Crippen LogP contribution in [-0.4, -0.2) is 4.98 Å². The predicted molar refractivity (Wildman–Crippen MR) is 53.0 cm³/mol. The van der Waals surface area contributed by atoms with Gasteiger partial charge in [-0.3, -0.25) is 0 Å². The first kappa shape index (κ1) is 11.6. The molecule has 0 bridgehead atoms. The summed E-state index contributed by atoms with van der Waals surface area (Å²) in [5.41, 5.74) is 5.83. The molecule has 0 aliphatic heterocycles. The van der Waals surface area contributed by atoms with Gasteiger partial charge in [0.1, 0.15) is 5.82 Å². The van der Waals surface area contributed by atoms with E-state index in [4.69, 9.17) is 5.73 Å². The summed E-state index contributed by atoms with van der Waals surface area (Å²) in [4.78, 5) is 3.51. The van der Waals surface area contributed by atoms with Crippen LogP contribution >= 0.6 is 0 Å². The number of nitrogen functional groups attached to an aromatic ring is 1. The van der Waals surface area contributed by atoms with Gasteiger partial charge in [-0.15, -0.1) is 0 Å². The second kappa shape index (κ2) is 3.92. The summed E-state index contributed by atoms with van der Waals surface area (Å²) in [5, 5.41) is 0. The van der Waals surface area contributed by atoms with Crippen molar-refractivity contribution < 1.29 is 13.2 Å². The fourth-order valence-corrected chi connectivity index (χ4v) is 1.07. The number of pyridine rings is 1. The molecule has 0 unspecified atom stereocenters. The third kappa shape index (κ3) is 2.97. The normalized spacial score (nSPS) is 11.3.